The molecule has 0 saturated heterocycles. The molecule has 0 bridgehead atoms. The second kappa shape index (κ2) is 6.71. The Bertz CT molecular complexity index is 701. The molecule has 0 atom stereocenters. The van der Waals surface area contributed by atoms with E-state index in [0.717, 1.165) is 6.07 Å². The quantitative estimate of drug-likeness (QED) is 0.625. The summed E-state index contributed by atoms with van der Waals surface area (Å²) in [4.78, 5) is 10.5. The van der Waals surface area contributed by atoms with Crippen LogP contribution in [0.3, 0.4) is 0 Å². The zero-order valence-corrected chi connectivity index (χ0v) is 13.2. The first-order chi connectivity index (χ1) is 9.84. The molecule has 0 aliphatic carbocycles. The molecule has 0 aliphatic heterocycles. The Morgan fingerprint density at radius 3 is 2.36 bits per heavy atom. The molecule has 0 heterocycles. The Hall–Kier alpha value is -0.870. The predicted molar refractivity (Wildman–Crippen MR) is 71.9 cm³/mol. The van der Waals surface area contributed by atoms with Crippen LogP contribution in [0.1, 0.15) is 21.5 Å². The molecule has 5 nitrogen and oxygen atoms in total. The van der Waals surface area contributed by atoms with Crippen molar-refractivity contribution >= 4 is 38.6 Å². The van der Waals surface area contributed by atoms with Crippen LogP contribution < -0.4 is 0 Å². The minimum Gasteiger partial charge on any atom is -0.367 e. The van der Waals surface area contributed by atoms with E-state index in [0.29, 0.717) is 0 Å². The molecule has 0 aromatic heterocycles. The molecule has 0 fully saturated rings. The highest BCUT2D eigenvalue weighted by Gasteiger charge is 2.29. The molecule has 1 aromatic carbocycles. The van der Waals surface area contributed by atoms with Gasteiger partial charge in [0.15, 0.2) is 0 Å². The summed E-state index contributed by atoms with van der Waals surface area (Å²) in [6, 6.07) is 0.746. The van der Waals surface area contributed by atoms with Gasteiger partial charge in [-0.3, -0.25) is 9.35 Å². The van der Waals surface area contributed by atoms with Crippen LogP contribution in [0.4, 0.5) is 13.2 Å². The zero-order valence-electron chi connectivity index (χ0n) is 10.9. The molecule has 22 heavy (non-hydrogen) atoms. The molecule has 1 N–H and O–H groups in total. The Morgan fingerprint density at radius 1 is 1.41 bits per heavy atom. The third-order valence-electron chi connectivity index (χ3n) is 2.60. The molecule has 1 rings (SSSR count). The fraction of sp³-hybridized carbons (Fsp3) is 0.364. The summed E-state index contributed by atoms with van der Waals surface area (Å²) in [6.07, 6.45) is -4.59. The van der Waals surface area contributed by atoms with Crippen LogP contribution in [-0.2, 0) is 21.5 Å². The van der Waals surface area contributed by atoms with Gasteiger partial charge in [-0.2, -0.15) is 21.6 Å². The molecule has 11 heteroatoms. The molecule has 124 valence electrons. The van der Waals surface area contributed by atoms with Crippen LogP contribution in [0.15, 0.2) is 11.0 Å². The van der Waals surface area contributed by atoms with Gasteiger partial charge in [-0.1, -0.05) is 11.6 Å². The first-order valence-electron chi connectivity index (χ1n) is 5.48. The molecular formula is C11H9Cl2F3O5S. The van der Waals surface area contributed by atoms with Crippen LogP contribution >= 0.6 is 23.2 Å². The van der Waals surface area contributed by atoms with Crippen molar-refractivity contribution in [3.05, 3.63) is 27.8 Å². The second-order valence-electron chi connectivity index (χ2n) is 4.20. The Kier molecular flexibility index (Phi) is 5.85. The number of carbonyl (C=O) groups is 1. The smallest absolute Gasteiger partial charge is 0.367 e. The van der Waals surface area contributed by atoms with Crippen molar-refractivity contribution in [3.8, 4) is 0 Å². The van der Waals surface area contributed by atoms with Gasteiger partial charge in [0, 0.05) is 5.56 Å². The molecule has 0 spiro atoms. The van der Waals surface area contributed by atoms with Crippen LogP contribution in [0.2, 0.25) is 5.02 Å². The summed E-state index contributed by atoms with van der Waals surface area (Å²) in [7, 11) is -4.73. The van der Waals surface area contributed by atoms with Crippen molar-refractivity contribution in [2.24, 2.45) is 0 Å². The minimum atomic E-state index is -4.73. The normalized spacial score (nSPS) is 12.5. The largest absolute Gasteiger partial charge is 0.411 e. The fourth-order valence-electron chi connectivity index (χ4n) is 1.63. The summed E-state index contributed by atoms with van der Waals surface area (Å²) in [6.45, 7) is -1.11. The molecule has 0 radical (unpaired) electrons. The Morgan fingerprint density at radius 2 is 1.95 bits per heavy atom. The first kappa shape index (κ1) is 19.2. The fourth-order valence-corrected chi connectivity index (χ4v) is 2.94. The predicted octanol–water partition coefficient (Wildman–Crippen LogP) is 3.35. The number of rotatable bonds is 5. The van der Waals surface area contributed by atoms with E-state index >= 15 is 0 Å². The lowest BCUT2D eigenvalue weighted by Crippen LogP contribution is -2.17. The lowest BCUT2D eigenvalue weighted by molar-refractivity contribution is -0.176. The van der Waals surface area contributed by atoms with Gasteiger partial charge < -0.3 is 4.74 Å². The highest BCUT2D eigenvalue weighted by atomic mass is 35.5. The van der Waals surface area contributed by atoms with Crippen LogP contribution in [-0.4, -0.2) is 31.0 Å². The molecule has 0 saturated carbocycles. The van der Waals surface area contributed by atoms with E-state index < -0.39 is 45.2 Å². The topological polar surface area (TPSA) is 80.7 Å². The van der Waals surface area contributed by atoms with Gasteiger partial charge in [0.25, 0.3) is 15.4 Å². The van der Waals surface area contributed by atoms with Crippen molar-refractivity contribution in [2.75, 3.05) is 6.61 Å². The van der Waals surface area contributed by atoms with E-state index in [2.05, 4.69) is 4.74 Å². The standard InChI is InChI=1S/C11H9Cl2F3O5S/c1-5-7(3-21-4-11(14,15)16)9(12)6(10(13)17)2-8(5)22(18,19)20/h2H,3-4H2,1H3,(H,18,19,20). The van der Waals surface area contributed by atoms with E-state index in [1.807, 2.05) is 0 Å². The number of hydrogen-bond donors (Lipinski definition) is 1. The summed E-state index contributed by atoms with van der Waals surface area (Å²) < 4.78 is 72.2. The van der Waals surface area contributed by atoms with Gasteiger partial charge in [-0.05, 0) is 30.2 Å². The third-order valence-corrected chi connectivity index (χ3v) is 4.22. The molecule has 0 amide bonds. The Labute approximate surface area is 133 Å². The average molecular weight is 381 g/mol. The number of benzene rings is 1. The highest BCUT2D eigenvalue weighted by Crippen LogP contribution is 2.32. The van der Waals surface area contributed by atoms with Gasteiger partial charge in [0.2, 0.25) is 0 Å². The lowest BCUT2D eigenvalue weighted by atomic mass is 10.1. The summed E-state index contributed by atoms with van der Waals surface area (Å²) in [5, 5.41) is -1.47. The summed E-state index contributed by atoms with van der Waals surface area (Å²) >= 11 is 11.1. The average Bonchev–Trinajstić information content (AvgIpc) is 2.29. The lowest BCUT2D eigenvalue weighted by Gasteiger charge is -2.15. The summed E-state index contributed by atoms with van der Waals surface area (Å²) in [5.74, 6) is 0. The maximum absolute atomic E-state index is 12.1. The van der Waals surface area contributed by atoms with Gasteiger partial charge in [0.1, 0.15) is 6.61 Å². The van der Waals surface area contributed by atoms with Gasteiger partial charge in [-0.15, -0.1) is 0 Å². The maximum Gasteiger partial charge on any atom is 0.411 e. The number of alkyl halides is 3. The van der Waals surface area contributed by atoms with Crippen LogP contribution in [0, 0.1) is 6.92 Å². The van der Waals surface area contributed by atoms with E-state index in [1.54, 1.807) is 0 Å². The number of hydrogen-bond acceptors (Lipinski definition) is 4. The summed E-state index contributed by atoms with van der Waals surface area (Å²) in [5.41, 5.74) is -0.798. The van der Waals surface area contributed by atoms with Crippen molar-refractivity contribution in [2.45, 2.75) is 24.6 Å². The number of carbonyl (C=O) groups excluding carboxylic acids is 1. The van der Waals surface area contributed by atoms with Crippen molar-refractivity contribution < 1.29 is 35.7 Å². The molecule has 1 aromatic rings. The van der Waals surface area contributed by atoms with Gasteiger partial charge >= 0.3 is 6.18 Å². The number of ether oxygens (including phenoxy) is 1. The van der Waals surface area contributed by atoms with Gasteiger partial charge in [0.05, 0.1) is 22.1 Å². The van der Waals surface area contributed by atoms with Crippen molar-refractivity contribution in [3.63, 3.8) is 0 Å². The highest BCUT2D eigenvalue weighted by molar-refractivity contribution is 7.85. The van der Waals surface area contributed by atoms with Crippen molar-refractivity contribution in [1.29, 1.82) is 0 Å². The SMILES string of the molecule is Cc1c(S(=O)(=O)O)cc(C(=O)Cl)c(Cl)c1COCC(F)(F)F. The monoisotopic (exact) mass is 380 g/mol. The Balaban J connectivity index is 3.36. The van der Waals surface area contributed by atoms with E-state index in [9.17, 15) is 26.4 Å². The molecular weight excluding hydrogens is 372 g/mol. The van der Waals surface area contributed by atoms with E-state index in [4.69, 9.17) is 27.8 Å². The third kappa shape index (κ3) is 4.82. The number of halogens is 5. The first-order valence-corrected chi connectivity index (χ1v) is 7.68. The minimum absolute atomic E-state index is 0.142. The maximum atomic E-state index is 12.1. The van der Waals surface area contributed by atoms with Crippen LogP contribution in [0.25, 0.3) is 0 Å². The van der Waals surface area contributed by atoms with E-state index in [-0.39, 0.29) is 16.1 Å². The molecule has 0 unspecified atom stereocenters. The zero-order chi connectivity index (χ0) is 17.3. The molecule has 0 aliphatic rings. The van der Waals surface area contributed by atoms with Crippen molar-refractivity contribution in [1.82, 2.24) is 0 Å². The second-order valence-corrected chi connectivity index (χ2v) is 6.31. The van der Waals surface area contributed by atoms with E-state index in [1.165, 1.54) is 6.92 Å². The van der Waals surface area contributed by atoms with Crippen LogP contribution in [0.5, 0.6) is 0 Å². The van der Waals surface area contributed by atoms with Gasteiger partial charge in [-0.25, -0.2) is 0 Å².